The highest BCUT2D eigenvalue weighted by Crippen LogP contribution is 2.24. The number of hydrogen-bond acceptors (Lipinski definition) is 1. The Kier molecular flexibility index (Phi) is 6.97. The maximum absolute atomic E-state index is 13.7. The van der Waals surface area contributed by atoms with Gasteiger partial charge >= 0.3 is 0 Å². The molecule has 2 heteroatoms. The van der Waals surface area contributed by atoms with Crippen LogP contribution in [-0.4, -0.2) is 6.61 Å². The predicted octanol–water partition coefficient (Wildman–Crippen LogP) is 5.40. The average molecular weight is 254 g/mol. The van der Waals surface area contributed by atoms with Crippen molar-refractivity contribution in [1.82, 2.24) is 0 Å². The lowest BCUT2D eigenvalue weighted by Crippen LogP contribution is -2.17. The smallest absolute Gasteiger partial charge is 0.165 e. The summed E-state index contributed by atoms with van der Waals surface area (Å²) < 4.78 is 19.1. The van der Waals surface area contributed by atoms with Gasteiger partial charge in [0.1, 0.15) is 0 Å². The Morgan fingerprint density at radius 2 is 1.72 bits per heavy atom. The van der Waals surface area contributed by atoms with Gasteiger partial charge < -0.3 is 4.74 Å². The van der Waals surface area contributed by atoms with Crippen LogP contribution in [-0.2, 0) is 0 Å². The first kappa shape index (κ1) is 16.9. The summed E-state index contributed by atoms with van der Waals surface area (Å²) in [5, 5.41) is 0. The van der Waals surface area contributed by atoms with Crippen molar-refractivity contribution < 1.29 is 9.13 Å². The third kappa shape index (κ3) is 6.04. The van der Waals surface area contributed by atoms with Crippen LogP contribution in [0.1, 0.15) is 59.9 Å². The monoisotopic (exact) mass is 254 g/mol. The molecule has 1 rings (SSSR count). The summed E-state index contributed by atoms with van der Waals surface area (Å²) >= 11 is 0. The molecule has 1 nitrogen and oxygen atoms in total. The number of rotatable bonds is 3. The zero-order chi connectivity index (χ0) is 14.3. The normalized spacial score (nSPS) is 10.9. The van der Waals surface area contributed by atoms with Crippen molar-refractivity contribution >= 4 is 0 Å². The van der Waals surface area contributed by atoms with Crippen LogP contribution in [0.3, 0.4) is 0 Å². The molecule has 0 saturated heterocycles. The number of hydrogen-bond donors (Lipinski definition) is 0. The van der Waals surface area contributed by atoms with Crippen LogP contribution in [0, 0.1) is 11.2 Å². The summed E-state index contributed by atoms with van der Waals surface area (Å²) in [6.45, 7) is 14.8. The molecule has 0 amide bonds. The standard InChI is InChI=1S/C14H21FO.C2H6/c1-10(2)11-6-7-13(12(15)8-11)16-9-14(3,4)5;1-2/h6-8,10H,9H2,1-5H3;1-2H3. The van der Waals surface area contributed by atoms with Gasteiger partial charge in [-0.3, -0.25) is 0 Å². The Hall–Kier alpha value is -1.05. The number of benzene rings is 1. The average Bonchev–Trinajstić information content (AvgIpc) is 2.28. The second-order valence-corrected chi connectivity index (χ2v) is 5.69. The van der Waals surface area contributed by atoms with Crippen LogP contribution in [0.15, 0.2) is 18.2 Å². The molecule has 0 radical (unpaired) electrons. The highest BCUT2D eigenvalue weighted by molar-refractivity contribution is 5.30. The van der Waals surface area contributed by atoms with E-state index in [1.54, 1.807) is 12.1 Å². The third-order valence-corrected chi connectivity index (χ3v) is 2.28. The Balaban J connectivity index is 0.00000137. The maximum Gasteiger partial charge on any atom is 0.165 e. The molecule has 0 N–H and O–H groups in total. The largest absolute Gasteiger partial charge is 0.490 e. The fourth-order valence-electron chi connectivity index (χ4n) is 1.29. The van der Waals surface area contributed by atoms with Gasteiger partial charge in [0, 0.05) is 0 Å². The van der Waals surface area contributed by atoms with Gasteiger partial charge in [0.2, 0.25) is 0 Å². The molecule has 0 fully saturated rings. The third-order valence-electron chi connectivity index (χ3n) is 2.28. The Morgan fingerprint density at radius 1 is 1.17 bits per heavy atom. The first-order valence-corrected chi connectivity index (χ1v) is 6.72. The molecule has 0 unspecified atom stereocenters. The topological polar surface area (TPSA) is 9.23 Å². The van der Waals surface area contributed by atoms with Crippen LogP contribution in [0.25, 0.3) is 0 Å². The quantitative estimate of drug-likeness (QED) is 0.701. The minimum atomic E-state index is -0.268. The fraction of sp³-hybridized carbons (Fsp3) is 0.625. The first-order valence-electron chi connectivity index (χ1n) is 6.72. The van der Waals surface area contributed by atoms with E-state index >= 15 is 0 Å². The van der Waals surface area contributed by atoms with E-state index in [9.17, 15) is 4.39 Å². The molecule has 0 aliphatic carbocycles. The molecule has 0 aromatic heterocycles. The van der Waals surface area contributed by atoms with E-state index in [1.807, 2.05) is 33.8 Å². The summed E-state index contributed by atoms with van der Waals surface area (Å²) in [6, 6.07) is 5.20. The Labute approximate surface area is 111 Å². The molecule has 0 aliphatic rings. The van der Waals surface area contributed by atoms with Gasteiger partial charge in [-0.25, -0.2) is 4.39 Å². The summed E-state index contributed by atoms with van der Waals surface area (Å²) in [4.78, 5) is 0. The highest BCUT2D eigenvalue weighted by atomic mass is 19.1. The predicted molar refractivity (Wildman–Crippen MR) is 76.8 cm³/mol. The molecule has 1 aromatic rings. The van der Waals surface area contributed by atoms with E-state index < -0.39 is 0 Å². The van der Waals surface area contributed by atoms with Crippen LogP contribution >= 0.6 is 0 Å². The second-order valence-electron chi connectivity index (χ2n) is 5.69. The fourth-order valence-corrected chi connectivity index (χ4v) is 1.29. The first-order chi connectivity index (χ1) is 8.29. The van der Waals surface area contributed by atoms with Crippen molar-refractivity contribution in [3.05, 3.63) is 29.6 Å². The van der Waals surface area contributed by atoms with Gasteiger partial charge in [0.15, 0.2) is 11.6 Å². The lowest BCUT2D eigenvalue weighted by Gasteiger charge is -2.19. The van der Waals surface area contributed by atoms with E-state index in [4.69, 9.17) is 4.74 Å². The number of ether oxygens (including phenoxy) is 1. The second kappa shape index (κ2) is 7.40. The molecule has 0 saturated carbocycles. The molecular weight excluding hydrogens is 227 g/mol. The zero-order valence-corrected chi connectivity index (χ0v) is 12.8. The minimum absolute atomic E-state index is 0.0448. The van der Waals surface area contributed by atoms with E-state index in [0.29, 0.717) is 18.3 Å². The SMILES string of the molecule is CC.CC(C)c1ccc(OCC(C)(C)C)c(F)c1. The van der Waals surface area contributed by atoms with E-state index in [0.717, 1.165) is 5.56 Å². The lowest BCUT2D eigenvalue weighted by molar-refractivity contribution is 0.191. The van der Waals surface area contributed by atoms with Gasteiger partial charge in [-0.05, 0) is 29.0 Å². The molecule has 0 bridgehead atoms. The van der Waals surface area contributed by atoms with Crippen molar-refractivity contribution in [3.63, 3.8) is 0 Å². The lowest BCUT2D eigenvalue weighted by atomic mass is 9.98. The van der Waals surface area contributed by atoms with Crippen LogP contribution < -0.4 is 4.74 Å². The van der Waals surface area contributed by atoms with Crippen molar-refractivity contribution in [2.45, 2.75) is 54.4 Å². The summed E-state index contributed by atoms with van der Waals surface area (Å²) in [5.41, 5.74) is 1.05. The zero-order valence-electron chi connectivity index (χ0n) is 12.8. The Morgan fingerprint density at radius 3 is 2.11 bits per heavy atom. The molecule has 0 atom stereocenters. The minimum Gasteiger partial charge on any atom is -0.490 e. The molecular formula is C16H27FO. The van der Waals surface area contributed by atoms with Gasteiger partial charge in [0.25, 0.3) is 0 Å². The summed E-state index contributed by atoms with van der Waals surface area (Å²) in [5.74, 6) is 0.418. The molecule has 18 heavy (non-hydrogen) atoms. The Bertz CT molecular complexity index is 351. The van der Waals surface area contributed by atoms with Crippen LogP contribution in [0.5, 0.6) is 5.75 Å². The molecule has 0 spiro atoms. The van der Waals surface area contributed by atoms with Crippen molar-refractivity contribution in [2.75, 3.05) is 6.61 Å². The van der Waals surface area contributed by atoms with Crippen molar-refractivity contribution in [3.8, 4) is 5.75 Å². The van der Waals surface area contributed by atoms with Crippen LogP contribution in [0.4, 0.5) is 4.39 Å². The molecule has 0 heterocycles. The number of halogens is 1. The van der Waals surface area contributed by atoms with E-state index in [-0.39, 0.29) is 11.2 Å². The van der Waals surface area contributed by atoms with E-state index in [2.05, 4.69) is 20.8 Å². The van der Waals surface area contributed by atoms with Crippen molar-refractivity contribution in [1.29, 1.82) is 0 Å². The molecule has 0 aliphatic heterocycles. The molecule has 1 aromatic carbocycles. The van der Waals surface area contributed by atoms with Gasteiger partial charge in [-0.15, -0.1) is 0 Å². The van der Waals surface area contributed by atoms with Crippen LogP contribution in [0.2, 0.25) is 0 Å². The van der Waals surface area contributed by atoms with Gasteiger partial charge in [0.05, 0.1) is 6.61 Å². The summed E-state index contributed by atoms with van der Waals surface area (Å²) in [6.07, 6.45) is 0. The maximum atomic E-state index is 13.7. The van der Waals surface area contributed by atoms with Gasteiger partial charge in [-0.2, -0.15) is 0 Å². The van der Waals surface area contributed by atoms with E-state index in [1.165, 1.54) is 0 Å². The highest BCUT2D eigenvalue weighted by Gasteiger charge is 2.13. The van der Waals surface area contributed by atoms with Crippen molar-refractivity contribution in [2.24, 2.45) is 5.41 Å². The van der Waals surface area contributed by atoms with Gasteiger partial charge in [-0.1, -0.05) is 54.5 Å². The summed E-state index contributed by atoms with van der Waals surface area (Å²) in [7, 11) is 0. The molecule has 104 valence electrons.